The quantitative estimate of drug-likeness (QED) is 0.694. The lowest BCUT2D eigenvalue weighted by atomic mass is 10.2. The average Bonchev–Trinajstić information content (AvgIpc) is 2.49. The van der Waals surface area contributed by atoms with E-state index in [-0.39, 0.29) is 23.7 Å². The summed E-state index contributed by atoms with van der Waals surface area (Å²) in [5, 5.41) is 2.41. The highest BCUT2D eigenvalue weighted by Gasteiger charge is 2.16. The van der Waals surface area contributed by atoms with Crippen molar-refractivity contribution in [1.29, 1.82) is 0 Å². The van der Waals surface area contributed by atoms with E-state index in [9.17, 15) is 9.59 Å². The summed E-state index contributed by atoms with van der Waals surface area (Å²) in [6.07, 6.45) is 0. The molecule has 0 aromatic heterocycles. The minimum absolute atomic E-state index is 0.214. The second-order valence-electron chi connectivity index (χ2n) is 5.39. The van der Waals surface area contributed by atoms with Crippen molar-refractivity contribution in [3.05, 3.63) is 34.3 Å². The summed E-state index contributed by atoms with van der Waals surface area (Å²) in [6.45, 7) is 6.18. The molecule has 1 amide bonds. The average molecular weight is 388 g/mol. The molecule has 4 nitrogen and oxygen atoms in total. The lowest BCUT2D eigenvalue weighted by molar-refractivity contribution is -0.147. The van der Waals surface area contributed by atoms with Crippen LogP contribution in [-0.4, -0.2) is 30.3 Å². The molecule has 0 heterocycles. The molecule has 0 bridgehead atoms. The first-order chi connectivity index (χ1) is 10.4. The van der Waals surface area contributed by atoms with Crippen molar-refractivity contribution in [3.63, 3.8) is 0 Å². The number of rotatable bonds is 8. The Balaban J connectivity index is 2.27. The van der Waals surface area contributed by atoms with E-state index in [0.717, 1.165) is 15.8 Å². The van der Waals surface area contributed by atoms with E-state index in [1.54, 1.807) is 6.92 Å². The first kappa shape index (κ1) is 19.0. The molecule has 0 radical (unpaired) electrons. The Morgan fingerprint density at radius 3 is 2.45 bits per heavy atom. The highest BCUT2D eigenvalue weighted by molar-refractivity contribution is 9.10. The van der Waals surface area contributed by atoms with Gasteiger partial charge in [-0.25, -0.2) is 0 Å². The van der Waals surface area contributed by atoms with Gasteiger partial charge in [0, 0.05) is 16.8 Å². The summed E-state index contributed by atoms with van der Waals surface area (Å²) >= 11 is 4.88. The Morgan fingerprint density at radius 2 is 1.86 bits per heavy atom. The van der Waals surface area contributed by atoms with Gasteiger partial charge in [0.1, 0.15) is 0 Å². The van der Waals surface area contributed by atoms with Gasteiger partial charge in [0.2, 0.25) is 0 Å². The molecule has 1 N–H and O–H groups in total. The van der Waals surface area contributed by atoms with Crippen LogP contribution >= 0.6 is 27.7 Å². The fourth-order valence-corrected chi connectivity index (χ4v) is 2.60. The van der Waals surface area contributed by atoms with Gasteiger partial charge in [-0.2, -0.15) is 0 Å². The zero-order valence-electron chi connectivity index (χ0n) is 13.1. The van der Waals surface area contributed by atoms with Crippen LogP contribution in [0.15, 0.2) is 28.7 Å². The first-order valence-electron chi connectivity index (χ1n) is 7.18. The van der Waals surface area contributed by atoms with E-state index in [1.165, 1.54) is 11.8 Å². The van der Waals surface area contributed by atoms with Gasteiger partial charge in [-0.05, 0) is 30.5 Å². The molecule has 1 atom stereocenters. The lowest BCUT2D eigenvalue weighted by Crippen LogP contribution is -2.32. The van der Waals surface area contributed by atoms with Crippen LogP contribution < -0.4 is 5.32 Å². The molecular formula is C16H22BrNO3S. The van der Waals surface area contributed by atoms with Crippen molar-refractivity contribution in [1.82, 2.24) is 5.32 Å². The lowest BCUT2D eigenvalue weighted by Gasteiger charge is -2.12. The zero-order valence-corrected chi connectivity index (χ0v) is 15.5. The number of hydrogen-bond acceptors (Lipinski definition) is 4. The van der Waals surface area contributed by atoms with Gasteiger partial charge in [0.05, 0.1) is 5.25 Å². The SMILES string of the molecule is CC(C)CNC(=O)COC(=O)[C@@H](C)SCc1ccc(Br)cc1. The third kappa shape index (κ3) is 7.84. The number of nitrogens with one attached hydrogen (secondary N) is 1. The summed E-state index contributed by atoms with van der Waals surface area (Å²) in [5.41, 5.74) is 1.14. The third-order valence-electron chi connectivity index (χ3n) is 2.80. The van der Waals surface area contributed by atoms with E-state index >= 15 is 0 Å². The molecule has 1 aromatic carbocycles. The van der Waals surface area contributed by atoms with Gasteiger partial charge in [-0.15, -0.1) is 11.8 Å². The van der Waals surface area contributed by atoms with Crippen LogP contribution in [0.4, 0.5) is 0 Å². The second-order valence-corrected chi connectivity index (χ2v) is 7.63. The number of halogens is 1. The molecule has 22 heavy (non-hydrogen) atoms. The molecule has 1 rings (SSSR count). The molecule has 0 aliphatic heterocycles. The molecule has 0 spiro atoms. The van der Waals surface area contributed by atoms with Gasteiger partial charge in [-0.1, -0.05) is 41.9 Å². The van der Waals surface area contributed by atoms with Gasteiger partial charge >= 0.3 is 5.97 Å². The summed E-state index contributed by atoms with van der Waals surface area (Å²) in [4.78, 5) is 23.3. The Bertz CT molecular complexity index is 491. The Kier molecular flexibility index (Phi) is 8.56. The molecule has 6 heteroatoms. The number of ether oxygens (including phenoxy) is 1. The van der Waals surface area contributed by atoms with E-state index in [0.29, 0.717) is 12.5 Å². The molecule has 0 saturated carbocycles. The fourth-order valence-electron chi connectivity index (χ4n) is 1.49. The standard InChI is InChI=1S/C16H22BrNO3S/c1-11(2)8-18-15(19)9-21-16(20)12(3)22-10-13-4-6-14(17)7-5-13/h4-7,11-12H,8-10H2,1-3H3,(H,18,19)/t12-/m1/s1. The van der Waals surface area contributed by atoms with Crippen molar-refractivity contribution in [3.8, 4) is 0 Å². The van der Waals surface area contributed by atoms with Crippen molar-refractivity contribution in [2.45, 2.75) is 31.8 Å². The van der Waals surface area contributed by atoms with E-state index < -0.39 is 0 Å². The van der Waals surface area contributed by atoms with Crippen LogP contribution in [0.5, 0.6) is 0 Å². The molecule has 0 aliphatic rings. The molecule has 0 aliphatic carbocycles. The number of benzene rings is 1. The Labute approximate surface area is 144 Å². The van der Waals surface area contributed by atoms with E-state index in [1.807, 2.05) is 38.1 Å². The van der Waals surface area contributed by atoms with Crippen LogP contribution in [0.1, 0.15) is 26.3 Å². The number of carbonyl (C=O) groups is 2. The molecular weight excluding hydrogens is 366 g/mol. The van der Waals surface area contributed by atoms with Crippen molar-refractivity contribution < 1.29 is 14.3 Å². The summed E-state index contributed by atoms with van der Waals surface area (Å²) in [5.74, 6) is 0.484. The van der Waals surface area contributed by atoms with Gasteiger partial charge in [-0.3, -0.25) is 9.59 Å². The van der Waals surface area contributed by atoms with Crippen molar-refractivity contribution in [2.24, 2.45) is 5.92 Å². The topological polar surface area (TPSA) is 55.4 Å². The maximum absolute atomic E-state index is 11.8. The third-order valence-corrected chi connectivity index (χ3v) is 4.52. The molecule has 0 saturated heterocycles. The smallest absolute Gasteiger partial charge is 0.319 e. The van der Waals surface area contributed by atoms with Gasteiger partial charge in [0.15, 0.2) is 6.61 Å². The van der Waals surface area contributed by atoms with Crippen LogP contribution in [0, 0.1) is 5.92 Å². The minimum atomic E-state index is -0.359. The van der Waals surface area contributed by atoms with Crippen LogP contribution in [0.3, 0.4) is 0 Å². The van der Waals surface area contributed by atoms with Gasteiger partial charge < -0.3 is 10.1 Å². The minimum Gasteiger partial charge on any atom is -0.455 e. The van der Waals surface area contributed by atoms with E-state index in [2.05, 4.69) is 21.2 Å². The monoisotopic (exact) mass is 387 g/mol. The largest absolute Gasteiger partial charge is 0.455 e. The summed E-state index contributed by atoms with van der Waals surface area (Å²) in [6, 6.07) is 7.96. The summed E-state index contributed by atoms with van der Waals surface area (Å²) in [7, 11) is 0. The number of hydrogen-bond donors (Lipinski definition) is 1. The van der Waals surface area contributed by atoms with E-state index in [4.69, 9.17) is 4.74 Å². The zero-order chi connectivity index (χ0) is 16.5. The molecule has 0 fully saturated rings. The molecule has 1 aromatic rings. The maximum atomic E-state index is 11.8. The highest BCUT2D eigenvalue weighted by Crippen LogP contribution is 2.20. The van der Waals surface area contributed by atoms with Crippen LogP contribution in [0.25, 0.3) is 0 Å². The van der Waals surface area contributed by atoms with Gasteiger partial charge in [0.25, 0.3) is 5.91 Å². The highest BCUT2D eigenvalue weighted by atomic mass is 79.9. The normalized spacial score (nSPS) is 12.0. The fraction of sp³-hybridized carbons (Fsp3) is 0.500. The first-order valence-corrected chi connectivity index (χ1v) is 9.02. The number of thioether (sulfide) groups is 1. The molecule has 0 unspecified atom stereocenters. The number of carbonyl (C=O) groups excluding carboxylic acids is 2. The second kappa shape index (κ2) is 9.90. The Hall–Kier alpha value is -1.01. The number of esters is 1. The maximum Gasteiger partial charge on any atom is 0.319 e. The van der Waals surface area contributed by atoms with Crippen LogP contribution in [0.2, 0.25) is 0 Å². The van der Waals surface area contributed by atoms with Crippen molar-refractivity contribution in [2.75, 3.05) is 13.2 Å². The number of amides is 1. The van der Waals surface area contributed by atoms with Crippen LogP contribution in [-0.2, 0) is 20.1 Å². The Morgan fingerprint density at radius 1 is 1.23 bits per heavy atom. The van der Waals surface area contributed by atoms with Crippen molar-refractivity contribution >= 4 is 39.6 Å². The summed E-state index contributed by atoms with van der Waals surface area (Å²) < 4.78 is 6.05. The molecule has 122 valence electrons. The predicted molar refractivity (Wildman–Crippen MR) is 93.7 cm³/mol. The predicted octanol–water partition coefficient (Wildman–Crippen LogP) is 3.39.